The van der Waals surface area contributed by atoms with E-state index in [1.54, 1.807) is 18.6 Å². The van der Waals surface area contributed by atoms with Gasteiger partial charge in [-0.1, -0.05) is 18.2 Å². The molecule has 1 aliphatic heterocycles. The third-order valence-corrected chi connectivity index (χ3v) is 4.29. The van der Waals surface area contributed by atoms with Crippen molar-refractivity contribution in [1.82, 2.24) is 20.3 Å². The van der Waals surface area contributed by atoms with Crippen LogP contribution in [0.2, 0.25) is 0 Å². The average Bonchev–Trinajstić information content (AvgIpc) is 2.67. The number of hydrazone groups is 1. The number of benzene rings is 1. The van der Waals surface area contributed by atoms with Gasteiger partial charge in [0.05, 0.1) is 11.9 Å². The molecule has 124 valence electrons. The lowest BCUT2D eigenvalue weighted by molar-refractivity contribution is 0.381. The van der Waals surface area contributed by atoms with E-state index in [9.17, 15) is 0 Å². The van der Waals surface area contributed by atoms with Crippen molar-refractivity contribution in [2.24, 2.45) is 5.10 Å². The van der Waals surface area contributed by atoms with Gasteiger partial charge in [-0.3, -0.25) is 15.4 Å². The minimum atomic E-state index is 0.644. The first-order chi connectivity index (χ1) is 11.7. The maximum Gasteiger partial charge on any atom is 0.189 e. The van der Waals surface area contributed by atoms with E-state index >= 15 is 0 Å². The second-order valence-electron chi connectivity index (χ2n) is 5.51. The number of thiocarbonyl (C=S) groups is 1. The van der Waals surface area contributed by atoms with E-state index in [0.29, 0.717) is 5.11 Å². The molecule has 1 aromatic heterocycles. The van der Waals surface area contributed by atoms with Crippen molar-refractivity contribution in [2.75, 3.05) is 31.1 Å². The highest BCUT2D eigenvalue weighted by Gasteiger charge is 2.18. The van der Waals surface area contributed by atoms with Crippen LogP contribution in [0.5, 0.6) is 0 Å². The van der Waals surface area contributed by atoms with Crippen molar-refractivity contribution in [3.05, 3.63) is 54.6 Å². The molecule has 1 saturated heterocycles. The van der Waals surface area contributed by atoms with E-state index in [2.05, 4.69) is 54.6 Å². The van der Waals surface area contributed by atoms with Crippen LogP contribution in [0, 0.1) is 0 Å². The molecule has 7 heteroatoms. The fourth-order valence-electron chi connectivity index (χ4n) is 2.55. The SMILES string of the molecule is C/C(=N/NC(=S)N1CCN(c2ccccc2)CC1)c1cnccn1. The molecule has 24 heavy (non-hydrogen) atoms. The molecular weight excluding hydrogens is 320 g/mol. The molecule has 3 rings (SSSR count). The van der Waals surface area contributed by atoms with Crippen molar-refractivity contribution in [3.8, 4) is 0 Å². The first-order valence-corrected chi connectivity index (χ1v) is 8.30. The highest BCUT2D eigenvalue weighted by molar-refractivity contribution is 7.80. The summed E-state index contributed by atoms with van der Waals surface area (Å²) in [5, 5.41) is 4.96. The Balaban J connectivity index is 1.52. The topological polar surface area (TPSA) is 56.7 Å². The monoisotopic (exact) mass is 340 g/mol. The number of hydrogen-bond acceptors (Lipinski definition) is 5. The molecular formula is C17H20N6S. The summed E-state index contributed by atoms with van der Waals surface area (Å²) < 4.78 is 0. The summed E-state index contributed by atoms with van der Waals surface area (Å²) in [6.45, 7) is 5.52. The Hall–Kier alpha value is -2.54. The normalized spacial score (nSPS) is 15.3. The molecule has 0 saturated carbocycles. The Morgan fingerprint density at radius 2 is 1.88 bits per heavy atom. The van der Waals surface area contributed by atoms with Gasteiger partial charge in [0.25, 0.3) is 0 Å². The van der Waals surface area contributed by atoms with Gasteiger partial charge in [-0.05, 0) is 31.3 Å². The molecule has 0 amide bonds. The average molecular weight is 340 g/mol. The van der Waals surface area contributed by atoms with E-state index in [0.717, 1.165) is 37.6 Å². The molecule has 0 radical (unpaired) electrons. The number of hydrogen-bond donors (Lipinski definition) is 1. The molecule has 1 aliphatic rings. The summed E-state index contributed by atoms with van der Waals surface area (Å²) >= 11 is 5.45. The maximum atomic E-state index is 5.45. The molecule has 2 heterocycles. The lowest BCUT2D eigenvalue weighted by Crippen LogP contribution is -2.51. The summed E-state index contributed by atoms with van der Waals surface area (Å²) in [5.74, 6) is 0. The number of aromatic nitrogens is 2. The van der Waals surface area contributed by atoms with Crippen LogP contribution in [0.1, 0.15) is 12.6 Å². The predicted octanol–water partition coefficient (Wildman–Crippen LogP) is 1.90. The second kappa shape index (κ2) is 7.83. The minimum Gasteiger partial charge on any atom is -0.368 e. The molecule has 1 aromatic carbocycles. The van der Waals surface area contributed by atoms with Crippen LogP contribution in [0.25, 0.3) is 0 Å². The fraction of sp³-hybridized carbons (Fsp3) is 0.294. The summed E-state index contributed by atoms with van der Waals surface area (Å²) in [5.41, 5.74) is 5.72. The zero-order chi connectivity index (χ0) is 16.8. The highest BCUT2D eigenvalue weighted by Crippen LogP contribution is 2.15. The van der Waals surface area contributed by atoms with Crippen molar-refractivity contribution >= 4 is 28.7 Å². The van der Waals surface area contributed by atoms with Gasteiger partial charge in [-0.25, -0.2) is 0 Å². The maximum absolute atomic E-state index is 5.45. The zero-order valence-electron chi connectivity index (χ0n) is 13.6. The van der Waals surface area contributed by atoms with Crippen molar-refractivity contribution in [2.45, 2.75) is 6.92 Å². The van der Waals surface area contributed by atoms with Gasteiger partial charge in [0.15, 0.2) is 5.11 Å². The third-order valence-electron chi connectivity index (χ3n) is 3.94. The van der Waals surface area contributed by atoms with Gasteiger partial charge in [0.2, 0.25) is 0 Å². The van der Waals surface area contributed by atoms with E-state index in [-0.39, 0.29) is 0 Å². The molecule has 0 aliphatic carbocycles. The molecule has 1 fully saturated rings. The van der Waals surface area contributed by atoms with E-state index < -0.39 is 0 Å². The van der Waals surface area contributed by atoms with Crippen LogP contribution in [0.4, 0.5) is 5.69 Å². The summed E-state index contributed by atoms with van der Waals surface area (Å²) in [7, 11) is 0. The van der Waals surface area contributed by atoms with Crippen molar-refractivity contribution in [1.29, 1.82) is 0 Å². The molecule has 6 nitrogen and oxygen atoms in total. The number of para-hydroxylation sites is 1. The Morgan fingerprint density at radius 1 is 1.12 bits per heavy atom. The third kappa shape index (κ3) is 4.05. The van der Waals surface area contributed by atoms with E-state index in [4.69, 9.17) is 12.2 Å². The highest BCUT2D eigenvalue weighted by atomic mass is 32.1. The smallest absolute Gasteiger partial charge is 0.189 e. The van der Waals surface area contributed by atoms with E-state index in [1.165, 1.54) is 5.69 Å². The fourth-order valence-corrected chi connectivity index (χ4v) is 2.78. The first kappa shape index (κ1) is 16.3. The van der Waals surface area contributed by atoms with Crippen LogP contribution in [-0.2, 0) is 0 Å². The number of nitrogens with one attached hydrogen (secondary N) is 1. The molecule has 0 spiro atoms. The lowest BCUT2D eigenvalue weighted by Gasteiger charge is -2.37. The summed E-state index contributed by atoms with van der Waals surface area (Å²) in [6.07, 6.45) is 4.97. The largest absolute Gasteiger partial charge is 0.368 e. The standard InChI is InChI=1S/C17H20N6S/c1-14(16-13-18-7-8-19-16)20-21-17(24)23-11-9-22(10-12-23)15-5-3-2-4-6-15/h2-8,13H,9-12H2,1H3,(H,21,24)/b20-14-. The molecule has 0 unspecified atom stereocenters. The van der Waals surface area contributed by atoms with Gasteiger partial charge in [-0.15, -0.1) is 0 Å². The quantitative estimate of drug-likeness (QED) is 0.523. The van der Waals surface area contributed by atoms with Crippen LogP contribution < -0.4 is 10.3 Å². The van der Waals surface area contributed by atoms with Gasteiger partial charge >= 0.3 is 0 Å². The predicted molar refractivity (Wildman–Crippen MR) is 100 cm³/mol. The number of nitrogens with zero attached hydrogens (tertiary/aromatic N) is 5. The van der Waals surface area contributed by atoms with Crippen LogP contribution in [0.15, 0.2) is 54.0 Å². The van der Waals surface area contributed by atoms with Crippen molar-refractivity contribution in [3.63, 3.8) is 0 Å². The van der Waals surface area contributed by atoms with Crippen LogP contribution in [0.3, 0.4) is 0 Å². The molecule has 2 aromatic rings. The minimum absolute atomic E-state index is 0.644. The van der Waals surface area contributed by atoms with Crippen LogP contribution in [-0.4, -0.2) is 51.9 Å². The number of piperazine rings is 1. The lowest BCUT2D eigenvalue weighted by atomic mass is 10.2. The van der Waals surface area contributed by atoms with Gasteiger partial charge in [-0.2, -0.15) is 5.10 Å². The first-order valence-electron chi connectivity index (χ1n) is 7.89. The van der Waals surface area contributed by atoms with Gasteiger partial charge in [0, 0.05) is 44.3 Å². The Bertz CT molecular complexity index is 696. The summed E-state index contributed by atoms with van der Waals surface area (Å²) in [4.78, 5) is 12.8. The van der Waals surface area contributed by atoms with Crippen LogP contribution >= 0.6 is 12.2 Å². The number of rotatable bonds is 3. The Labute approximate surface area is 147 Å². The second-order valence-corrected chi connectivity index (χ2v) is 5.90. The molecule has 1 N–H and O–H groups in total. The molecule has 0 atom stereocenters. The molecule has 0 bridgehead atoms. The van der Waals surface area contributed by atoms with Gasteiger partial charge < -0.3 is 9.80 Å². The van der Waals surface area contributed by atoms with Gasteiger partial charge in [0.1, 0.15) is 5.69 Å². The zero-order valence-corrected chi connectivity index (χ0v) is 14.4. The Morgan fingerprint density at radius 3 is 2.54 bits per heavy atom. The summed E-state index contributed by atoms with van der Waals surface area (Å²) in [6, 6.07) is 10.5. The number of anilines is 1. The van der Waals surface area contributed by atoms with E-state index in [1.807, 2.05) is 13.0 Å². The Kier molecular flexibility index (Phi) is 5.32. The van der Waals surface area contributed by atoms with Crippen molar-refractivity contribution < 1.29 is 0 Å².